The highest BCUT2D eigenvalue weighted by molar-refractivity contribution is 5.80. The Morgan fingerprint density at radius 1 is 1.05 bits per heavy atom. The first kappa shape index (κ1) is 25.7. The number of hydrogen-bond acceptors (Lipinski definition) is 8. The smallest absolute Gasteiger partial charge is 0.224 e. The van der Waals surface area contributed by atoms with E-state index < -0.39 is 17.8 Å². The van der Waals surface area contributed by atoms with Crippen LogP contribution in [0.25, 0.3) is 11.1 Å². The van der Waals surface area contributed by atoms with E-state index in [1.165, 1.54) is 7.11 Å². The molecule has 1 saturated carbocycles. The Morgan fingerprint density at radius 2 is 1.74 bits per heavy atom. The van der Waals surface area contributed by atoms with Crippen molar-refractivity contribution in [3.63, 3.8) is 0 Å². The van der Waals surface area contributed by atoms with Crippen LogP contribution in [0.15, 0.2) is 54.6 Å². The van der Waals surface area contributed by atoms with E-state index in [2.05, 4.69) is 35.9 Å². The second kappa shape index (κ2) is 10.1. The van der Waals surface area contributed by atoms with Gasteiger partial charge in [0.05, 0.1) is 36.0 Å². The van der Waals surface area contributed by atoms with Crippen molar-refractivity contribution < 1.29 is 19.7 Å². The van der Waals surface area contributed by atoms with E-state index in [0.29, 0.717) is 23.2 Å². The van der Waals surface area contributed by atoms with Crippen LogP contribution in [0.2, 0.25) is 0 Å². The molecule has 194 valence electrons. The maximum Gasteiger partial charge on any atom is 0.224 e. The largest absolute Gasteiger partial charge is 0.485 e. The van der Waals surface area contributed by atoms with Crippen LogP contribution in [0.5, 0.6) is 11.6 Å². The molecule has 1 aliphatic heterocycles. The van der Waals surface area contributed by atoms with Gasteiger partial charge in [0, 0.05) is 18.4 Å². The summed E-state index contributed by atoms with van der Waals surface area (Å²) >= 11 is 0. The molecule has 2 heterocycles. The van der Waals surface area contributed by atoms with Crippen LogP contribution in [0.4, 0.5) is 0 Å². The Morgan fingerprint density at radius 3 is 2.32 bits per heavy atom. The van der Waals surface area contributed by atoms with E-state index >= 15 is 0 Å². The van der Waals surface area contributed by atoms with E-state index in [4.69, 9.17) is 9.47 Å². The van der Waals surface area contributed by atoms with Crippen LogP contribution >= 0.6 is 0 Å². The number of ether oxygens (including phenoxy) is 2. The van der Waals surface area contributed by atoms with Gasteiger partial charge in [-0.15, -0.1) is 0 Å². The quantitative estimate of drug-likeness (QED) is 0.495. The van der Waals surface area contributed by atoms with Gasteiger partial charge in [-0.25, -0.2) is 4.98 Å². The maximum atomic E-state index is 12.4. The van der Waals surface area contributed by atoms with Gasteiger partial charge in [0.25, 0.3) is 0 Å². The number of aliphatic hydroxyl groups is 2. The van der Waals surface area contributed by atoms with Gasteiger partial charge in [0.1, 0.15) is 17.9 Å². The standard InChI is InChI=1S/C30H30N4O4/c1-4-34(5-2)17-21-23(19-9-7-6-8-10-19)28-30(36,27(21)35)25-26(38-28)24(22(16-32)33-29(25)37-3)20-13-11-18(15-31)12-14-20/h6-14,21,23,27-28,35-36H,4-5,17H2,1-3H3. The number of nitrogens with zero attached hydrogens (tertiary/aromatic N) is 4. The van der Waals surface area contributed by atoms with Crippen LogP contribution in [-0.4, -0.2) is 59.0 Å². The fraction of sp³-hybridized carbons (Fsp3) is 0.367. The van der Waals surface area contributed by atoms with Crippen molar-refractivity contribution in [2.75, 3.05) is 26.7 Å². The first-order chi connectivity index (χ1) is 18.4. The lowest BCUT2D eigenvalue weighted by Gasteiger charge is -2.31. The average molecular weight is 511 g/mol. The number of hydrogen-bond donors (Lipinski definition) is 2. The van der Waals surface area contributed by atoms with Crippen LogP contribution < -0.4 is 9.47 Å². The number of fused-ring (bicyclic) bond motifs is 3. The topological polar surface area (TPSA) is 123 Å². The van der Waals surface area contributed by atoms with Crippen molar-refractivity contribution in [3.05, 3.63) is 77.0 Å². The van der Waals surface area contributed by atoms with E-state index in [1.807, 2.05) is 30.3 Å². The zero-order valence-corrected chi connectivity index (χ0v) is 21.6. The molecule has 1 aromatic heterocycles. The van der Waals surface area contributed by atoms with Crippen LogP contribution in [0, 0.1) is 28.6 Å². The lowest BCUT2D eigenvalue weighted by atomic mass is 9.86. The van der Waals surface area contributed by atoms with E-state index in [9.17, 15) is 20.7 Å². The van der Waals surface area contributed by atoms with Crippen molar-refractivity contribution in [1.29, 1.82) is 10.5 Å². The monoisotopic (exact) mass is 510 g/mol. The number of benzene rings is 2. The van der Waals surface area contributed by atoms with Gasteiger partial charge in [0.15, 0.2) is 11.3 Å². The highest BCUT2D eigenvalue weighted by Gasteiger charge is 2.68. The van der Waals surface area contributed by atoms with E-state index in [1.54, 1.807) is 24.3 Å². The third-order valence-electron chi connectivity index (χ3n) is 7.99. The van der Waals surface area contributed by atoms with E-state index in [-0.39, 0.29) is 34.7 Å². The molecule has 5 rings (SSSR count). The number of rotatable bonds is 7. The minimum Gasteiger partial charge on any atom is -0.485 e. The minimum atomic E-state index is -1.82. The fourth-order valence-electron chi connectivity index (χ4n) is 6.08. The summed E-state index contributed by atoms with van der Waals surface area (Å²) in [6.45, 7) is 6.33. The Kier molecular flexibility index (Phi) is 6.81. The van der Waals surface area contributed by atoms with Crippen molar-refractivity contribution in [2.45, 2.75) is 37.6 Å². The van der Waals surface area contributed by atoms with Gasteiger partial charge in [-0.05, 0) is 36.3 Å². The molecule has 2 N–H and O–H groups in total. The number of aliphatic hydroxyl groups excluding tert-OH is 1. The summed E-state index contributed by atoms with van der Waals surface area (Å²) < 4.78 is 12.2. The minimum absolute atomic E-state index is 0.0493. The van der Waals surface area contributed by atoms with Crippen LogP contribution in [0.1, 0.15) is 42.1 Å². The van der Waals surface area contributed by atoms with Crippen LogP contribution in [-0.2, 0) is 5.60 Å². The molecule has 8 nitrogen and oxygen atoms in total. The molecular formula is C30H30N4O4. The Labute approximate surface area is 222 Å². The first-order valence-corrected chi connectivity index (χ1v) is 12.8. The predicted molar refractivity (Wildman–Crippen MR) is 140 cm³/mol. The molecule has 0 radical (unpaired) electrons. The lowest BCUT2D eigenvalue weighted by molar-refractivity contribution is -0.101. The second-order valence-electron chi connectivity index (χ2n) is 9.74. The van der Waals surface area contributed by atoms with Gasteiger partial charge in [-0.2, -0.15) is 10.5 Å². The molecule has 1 aliphatic carbocycles. The zero-order valence-electron chi connectivity index (χ0n) is 21.6. The molecule has 5 atom stereocenters. The summed E-state index contributed by atoms with van der Waals surface area (Å²) in [6, 6.07) is 20.7. The van der Waals surface area contributed by atoms with Crippen molar-refractivity contribution >= 4 is 0 Å². The van der Waals surface area contributed by atoms with Crippen molar-refractivity contribution in [1.82, 2.24) is 9.88 Å². The SMILES string of the molecule is CCN(CC)CC1C(c2ccccc2)C2Oc3c(-c4ccc(C#N)cc4)c(C#N)nc(OC)c3C2(O)C1O. The van der Waals surface area contributed by atoms with Gasteiger partial charge < -0.3 is 24.6 Å². The summed E-state index contributed by atoms with van der Waals surface area (Å²) in [7, 11) is 1.42. The summed E-state index contributed by atoms with van der Waals surface area (Å²) in [5.74, 6) is -0.354. The molecular weight excluding hydrogens is 480 g/mol. The summed E-state index contributed by atoms with van der Waals surface area (Å²) in [5, 5.41) is 43.5. The second-order valence-corrected chi connectivity index (χ2v) is 9.74. The summed E-state index contributed by atoms with van der Waals surface area (Å²) in [6.07, 6.45) is -2.02. The molecule has 2 aliphatic rings. The molecule has 3 aromatic rings. The molecule has 2 aromatic carbocycles. The third kappa shape index (κ3) is 3.81. The normalized spacial score (nSPS) is 25.3. The molecule has 1 fully saturated rings. The number of methoxy groups -OCH3 is 1. The Balaban J connectivity index is 1.73. The molecule has 38 heavy (non-hydrogen) atoms. The Hall–Kier alpha value is -3.95. The summed E-state index contributed by atoms with van der Waals surface area (Å²) in [4.78, 5) is 6.67. The Bertz CT molecular complexity index is 1410. The van der Waals surface area contributed by atoms with Gasteiger partial charge in [-0.3, -0.25) is 0 Å². The number of pyridine rings is 1. The average Bonchev–Trinajstić information content (AvgIpc) is 3.37. The number of aromatic nitrogens is 1. The van der Waals surface area contributed by atoms with Gasteiger partial charge >= 0.3 is 0 Å². The molecule has 8 heteroatoms. The first-order valence-electron chi connectivity index (χ1n) is 12.8. The highest BCUT2D eigenvalue weighted by Crippen LogP contribution is 2.62. The maximum absolute atomic E-state index is 12.4. The third-order valence-corrected chi connectivity index (χ3v) is 7.99. The molecule has 5 unspecified atom stereocenters. The predicted octanol–water partition coefficient (Wildman–Crippen LogP) is 3.57. The molecule has 0 saturated heterocycles. The molecule has 0 spiro atoms. The van der Waals surface area contributed by atoms with Gasteiger partial charge in [-0.1, -0.05) is 56.3 Å². The lowest BCUT2D eigenvalue weighted by Crippen LogP contribution is -2.44. The fourth-order valence-corrected chi connectivity index (χ4v) is 6.08. The van der Waals surface area contributed by atoms with Crippen molar-refractivity contribution in [3.8, 4) is 34.9 Å². The van der Waals surface area contributed by atoms with Gasteiger partial charge in [0.2, 0.25) is 5.88 Å². The molecule has 0 amide bonds. The van der Waals surface area contributed by atoms with E-state index in [0.717, 1.165) is 18.7 Å². The molecule has 0 bridgehead atoms. The summed E-state index contributed by atoms with van der Waals surface area (Å²) in [5.41, 5.74) is 0.931. The highest BCUT2D eigenvalue weighted by atomic mass is 16.5. The van der Waals surface area contributed by atoms with Crippen molar-refractivity contribution in [2.24, 2.45) is 5.92 Å². The number of nitriles is 2. The zero-order chi connectivity index (χ0) is 27.0. The van der Waals surface area contributed by atoms with Crippen LogP contribution in [0.3, 0.4) is 0 Å².